The third-order valence-corrected chi connectivity index (χ3v) is 6.22. The number of ether oxygens (including phenoxy) is 2. The van der Waals surface area contributed by atoms with E-state index in [2.05, 4.69) is 20.6 Å². The van der Waals surface area contributed by atoms with Gasteiger partial charge < -0.3 is 25.0 Å². The Morgan fingerprint density at radius 2 is 1.92 bits per heavy atom. The van der Waals surface area contributed by atoms with Gasteiger partial charge in [-0.1, -0.05) is 12.1 Å². The SMILES string of the molecule is O=C(c1cc(Nc2ncc3cccc(OC4CCNCC4)c3n2)cc(C(F)(F)F)c1)N1CCOCC1. The summed E-state index contributed by atoms with van der Waals surface area (Å²) in [5.74, 6) is 0.217. The average molecular weight is 502 g/mol. The van der Waals surface area contributed by atoms with Crippen LogP contribution in [0.1, 0.15) is 28.8 Å². The Labute approximate surface area is 205 Å². The first-order valence-corrected chi connectivity index (χ1v) is 11.9. The quantitative estimate of drug-likeness (QED) is 0.547. The monoisotopic (exact) mass is 501 g/mol. The molecule has 1 amide bonds. The lowest BCUT2D eigenvalue weighted by molar-refractivity contribution is -0.137. The minimum atomic E-state index is -4.63. The topological polar surface area (TPSA) is 88.6 Å². The molecule has 1 aromatic heterocycles. The zero-order chi connectivity index (χ0) is 25.1. The summed E-state index contributed by atoms with van der Waals surface area (Å²) >= 11 is 0. The summed E-state index contributed by atoms with van der Waals surface area (Å²) in [7, 11) is 0. The van der Waals surface area contributed by atoms with Gasteiger partial charge in [-0.25, -0.2) is 9.97 Å². The van der Waals surface area contributed by atoms with Crippen molar-refractivity contribution in [3.8, 4) is 5.75 Å². The molecule has 3 heterocycles. The molecule has 2 aliphatic heterocycles. The number of hydrogen-bond acceptors (Lipinski definition) is 7. The number of nitrogens with one attached hydrogen (secondary N) is 2. The molecule has 2 saturated heterocycles. The number of para-hydroxylation sites is 1. The highest BCUT2D eigenvalue weighted by Gasteiger charge is 2.32. The Morgan fingerprint density at radius 1 is 1.14 bits per heavy atom. The fraction of sp³-hybridized carbons (Fsp3) is 0.400. The fourth-order valence-electron chi connectivity index (χ4n) is 4.34. The summed E-state index contributed by atoms with van der Waals surface area (Å²) in [6, 6.07) is 8.72. The first kappa shape index (κ1) is 24.3. The number of alkyl halides is 3. The lowest BCUT2D eigenvalue weighted by Gasteiger charge is -2.27. The van der Waals surface area contributed by atoms with Gasteiger partial charge in [0.15, 0.2) is 0 Å². The number of carbonyl (C=O) groups excluding carboxylic acids is 1. The fourth-order valence-corrected chi connectivity index (χ4v) is 4.34. The smallest absolute Gasteiger partial charge is 0.416 e. The highest BCUT2D eigenvalue weighted by atomic mass is 19.4. The predicted octanol–water partition coefficient (Wildman–Crippen LogP) is 4.00. The summed E-state index contributed by atoms with van der Waals surface area (Å²) in [5.41, 5.74) is -0.368. The molecule has 8 nitrogen and oxygen atoms in total. The van der Waals surface area contributed by atoms with E-state index in [9.17, 15) is 18.0 Å². The Morgan fingerprint density at radius 3 is 2.67 bits per heavy atom. The van der Waals surface area contributed by atoms with Gasteiger partial charge in [0, 0.05) is 35.9 Å². The molecular formula is C25H26F3N5O3. The van der Waals surface area contributed by atoms with Crippen LogP contribution in [0.5, 0.6) is 5.75 Å². The normalized spacial score (nSPS) is 17.2. The van der Waals surface area contributed by atoms with Gasteiger partial charge in [0.05, 0.1) is 18.8 Å². The number of rotatable bonds is 5. The zero-order valence-electron chi connectivity index (χ0n) is 19.5. The van der Waals surface area contributed by atoms with E-state index < -0.39 is 17.6 Å². The summed E-state index contributed by atoms with van der Waals surface area (Å²) in [5, 5.41) is 6.90. The van der Waals surface area contributed by atoms with Crippen LogP contribution in [0.4, 0.5) is 24.8 Å². The van der Waals surface area contributed by atoms with Crippen LogP contribution in [0.15, 0.2) is 42.6 Å². The second-order valence-corrected chi connectivity index (χ2v) is 8.78. The molecule has 36 heavy (non-hydrogen) atoms. The van der Waals surface area contributed by atoms with E-state index in [1.807, 2.05) is 18.2 Å². The molecule has 0 aliphatic carbocycles. The number of carbonyl (C=O) groups is 1. The van der Waals surface area contributed by atoms with Crippen molar-refractivity contribution in [3.63, 3.8) is 0 Å². The first-order valence-electron chi connectivity index (χ1n) is 11.9. The van der Waals surface area contributed by atoms with Crippen molar-refractivity contribution in [2.75, 3.05) is 44.7 Å². The van der Waals surface area contributed by atoms with Gasteiger partial charge in [-0.05, 0) is 50.2 Å². The Balaban J connectivity index is 1.45. The number of fused-ring (bicyclic) bond motifs is 1. The van der Waals surface area contributed by atoms with Crippen LogP contribution in [0, 0.1) is 0 Å². The maximum Gasteiger partial charge on any atom is 0.416 e. The number of benzene rings is 2. The number of hydrogen-bond donors (Lipinski definition) is 2. The number of aromatic nitrogens is 2. The molecule has 0 saturated carbocycles. The van der Waals surface area contributed by atoms with Crippen LogP contribution >= 0.6 is 0 Å². The van der Waals surface area contributed by atoms with Crippen LogP contribution in [0.25, 0.3) is 10.9 Å². The van der Waals surface area contributed by atoms with E-state index in [0.717, 1.165) is 43.5 Å². The molecule has 3 aromatic rings. The van der Waals surface area contributed by atoms with Gasteiger partial charge in [-0.2, -0.15) is 13.2 Å². The number of piperidine rings is 1. The number of amides is 1. The molecule has 11 heteroatoms. The lowest BCUT2D eigenvalue weighted by atomic mass is 10.1. The highest BCUT2D eigenvalue weighted by molar-refractivity contribution is 5.95. The Kier molecular flexibility index (Phi) is 6.92. The van der Waals surface area contributed by atoms with Gasteiger partial charge in [0.2, 0.25) is 5.95 Å². The van der Waals surface area contributed by atoms with Crippen molar-refractivity contribution in [1.82, 2.24) is 20.2 Å². The van der Waals surface area contributed by atoms with Crippen molar-refractivity contribution < 1.29 is 27.4 Å². The maximum atomic E-state index is 13.7. The van der Waals surface area contributed by atoms with E-state index in [4.69, 9.17) is 9.47 Å². The first-order chi connectivity index (χ1) is 17.4. The van der Waals surface area contributed by atoms with Crippen molar-refractivity contribution >= 4 is 28.4 Å². The molecule has 2 N–H and O–H groups in total. The van der Waals surface area contributed by atoms with Crippen LogP contribution in [0.3, 0.4) is 0 Å². The minimum absolute atomic E-state index is 0.0560. The second-order valence-electron chi connectivity index (χ2n) is 8.78. The molecule has 5 rings (SSSR count). The van der Waals surface area contributed by atoms with Gasteiger partial charge in [0.1, 0.15) is 17.4 Å². The number of morpholine rings is 1. The molecule has 0 unspecified atom stereocenters. The molecule has 0 atom stereocenters. The van der Waals surface area contributed by atoms with Gasteiger partial charge >= 0.3 is 6.18 Å². The standard InChI is InChI=1S/C25H26F3N5O3/c26-25(27,28)18-12-17(23(34)33-8-10-35-11-9-33)13-19(14-18)31-24-30-15-16-2-1-3-21(22(16)32-24)36-20-4-6-29-7-5-20/h1-3,12-15,20,29H,4-11H2,(H,30,31,32). The highest BCUT2D eigenvalue weighted by Crippen LogP contribution is 2.33. The van der Waals surface area contributed by atoms with E-state index in [0.29, 0.717) is 37.6 Å². The summed E-state index contributed by atoms with van der Waals surface area (Å²) in [6.45, 7) is 3.10. The van der Waals surface area contributed by atoms with Crippen molar-refractivity contribution in [2.45, 2.75) is 25.1 Å². The maximum absolute atomic E-state index is 13.7. The van der Waals surface area contributed by atoms with Crippen LogP contribution in [-0.4, -0.2) is 66.3 Å². The molecular weight excluding hydrogens is 475 g/mol. The molecule has 2 aromatic carbocycles. The van der Waals surface area contributed by atoms with Crippen molar-refractivity contribution in [3.05, 3.63) is 53.7 Å². The zero-order valence-corrected chi connectivity index (χ0v) is 19.5. The van der Waals surface area contributed by atoms with Gasteiger partial charge in [0.25, 0.3) is 5.91 Å². The Hall–Kier alpha value is -3.44. The van der Waals surface area contributed by atoms with E-state index in [-0.39, 0.29) is 23.3 Å². The van der Waals surface area contributed by atoms with Crippen LogP contribution in [-0.2, 0) is 10.9 Å². The number of halogens is 3. The summed E-state index contributed by atoms with van der Waals surface area (Å²) < 4.78 is 52.4. The summed E-state index contributed by atoms with van der Waals surface area (Å²) in [6.07, 6.45) is -1.24. The third-order valence-electron chi connectivity index (χ3n) is 6.22. The van der Waals surface area contributed by atoms with Crippen LogP contribution in [0.2, 0.25) is 0 Å². The van der Waals surface area contributed by atoms with Gasteiger partial charge in [-0.15, -0.1) is 0 Å². The molecule has 2 fully saturated rings. The molecule has 0 bridgehead atoms. The van der Waals surface area contributed by atoms with E-state index >= 15 is 0 Å². The predicted molar refractivity (Wildman–Crippen MR) is 128 cm³/mol. The largest absolute Gasteiger partial charge is 0.488 e. The van der Waals surface area contributed by atoms with Gasteiger partial charge in [-0.3, -0.25) is 4.79 Å². The lowest BCUT2D eigenvalue weighted by Crippen LogP contribution is -2.40. The summed E-state index contributed by atoms with van der Waals surface area (Å²) in [4.78, 5) is 23.2. The van der Waals surface area contributed by atoms with Crippen molar-refractivity contribution in [2.24, 2.45) is 0 Å². The van der Waals surface area contributed by atoms with Crippen molar-refractivity contribution in [1.29, 1.82) is 0 Å². The molecule has 0 radical (unpaired) electrons. The Bertz CT molecular complexity index is 1240. The number of anilines is 2. The number of nitrogens with zero attached hydrogens (tertiary/aromatic N) is 3. The molecule has 2 aliphatic rings. The second kappa shape index (κ2) is 10.3. The minimum Gasteiger partial charge on any atom is -0.488 e. The average Bonchev–Trinajstić information content (AvgIpc) is 2.89. The third kappa shape index (κ3) is 5.52. The van der Waals surface area contributed by atoms with E-state index in [1.165, 1.54) is 11.0 Å². The molecule has 190 valence electrons. The van der Waals surface area contributed by atoms with E-state index in [1.54, 1.807) is 6.20 Å². The molecule has 0 spiro atoms. The van der Waals surface area contributed by atoms with Crippen LogP contribution < -0.4 is 15.4 Å².